The molecule has 1 atom stereocenters. The molecule has 0 unspecified atom stereocenters. The molecule has 1 aliphatic heterocycles. The van der Waals surface area contributed by atoms with Crippen molar-refractivity contribution in [1.82, 2.24) is 0 Å². The number of hydrogen-bond donors (Lipinski definition) is 2. The van der Waals surface area contributed by atoms with Crippen molar-refractivity contribution in [1.29, 1.82) is 0 Å². The first-order valence-electron chi connectivity index (χ1n) is 9.46. The van der Waals surface area contributed by atoms with E-state index in [1.54, 1.807) is 5.32 Å². The quantitative estimate of drug-likeness (QED) is 0.816. The second-order valence-corrected chi connectivity index (χ2v) is 7.04. The molecule has 2 aromatic carbocycles. The van der Waals surface area contributed by atoms with Crippen molar-refractivity contribution in [3.8, 4) is 0 Å². The van der Waals surface area contributed by atoms with Gasteiger partial charge >= 0.3 is 0 Å². The summed E-state index contributed by atoms with van der Waals surface area (Å²) in [6, 6.07) is 11.6. The van der Waals surface area contributed by atoms with Crippen molar-refractivity contribution in [3.05, 3.63) is 59.7 Å². The topological polar surface area (TPSA) is 49.0 Å². The summed E-state index contributed by atoms with van der Waals surface area (Å²) in [7, 11) is 0. The molecule has 1 amide bonds. The Morgan fingerprint density at radius 3 is 2.44 bits per heavy atom. The molecular weight excluding hydrogens is 348 g/mol. The maximum Gasteiger partial charge on any atom is 0.279 e. The molecule has 3 rings (SSSR count). The lowest BCUT2D eigenvalue weighted by Crippen LogP contribution is -2.86. The molecule has 0 radical (unpaired) electrons. The highest BCUT2D eigenvalue weighted by molar-refractivity contribution is 5.91. The highest BCUT2D eigenvalue weighted by Crippen LogP contribution is 2.21. The normalized spacial score (nSPS) is 15.4. The van der Waals surface area contributed by atoms with E-state index in [9.17, 15) is 13.6 Å². The van der Waals surface area contributed by atoms with Crippen LogP contribution in [0.15, 0.2) is 42.5 Å². The highest BCUT2D eigenvalue weighted by Gasteiger charge is 2.14. The third-order valence-electron chi connectivity index (χ3n) is 5.00. The van der Waals surface area contributed by atoms with Gasteiger partial charge in [0.05, 0.1) is 0 Å². The van der Waals surface area contributed by atoms with Gasteiger partial charge in [-0.15, -0.1) is 0 Å². The molecule has 6 heteroatoms. The summed E-state index contributed by atoms with van der Waals surface area (Å²) < 4.78 is 26.3. The minimum absolute atomic E-state index is 0.129. The fraction of sp³-hybridized carbons (Fsp3) is 0.381. The summed E-state index contributed by atoms with van der Waals surface area (Å²) in [5.41, 5.74) is 2.59. The van der Waals surface area contributed by atoms with Crippen LogP contribution in [0.25, 0.3) is 0 Å². The Labute approximate surface area is 158 Å². The van der Waals surface area contributed by atoms with Gasteiger partial charge < -0.3 is 15.5 Å². The van der Waals surface area contributed by atoms with Crippen LogP contribution in [-0.4, -0.2) is 25.5 Å². The third-order valence-corrected chi connectivity index (χ3v) is 5.00. The van der Waals surface area contributed by atoms with E-state index < -0.39 is 11.6 Å². The molecular formula is C21H26F2N3O+. The summed E-state index contributed by atoms with van der Waals surface area (Å²) in [4.78, 5) is 14.5. The number of piperidine rings is 1. The van der Waals surface area contributed by atoms with E-state index >= 15 is 0 Å². The summed E-state index contributed by atoms with van der Waals surface area (Å²) in [5.74, 6) is -1.86. The summed E-state index contributed by atoms with van der Waals surface area (Å²) in [6.45, 7) is 4.23. The minimum Gasteiger partial charge on any atom is -0.372 e. The number of amides is 1. The first-order valence-corrected chi connectivity index (χ1v) is 9.46. The lowest BCUT2D eigenvalue weighted by Gasteiger charge is -2.28. The fourth-order valence-electron chi connectivity index (χ4n) is 3.34. The standard InChI is InChI=1S/C21H25F2N3O/c1-15(16-5-10-19(22)20(23)13-16)24-14-21(27)25-17-6-8-18(9-7-17)26-11-3-2-4-12-26/h5-10,13,15,24H,2-4,11-12,14H2,1H3,(H,25,27)/p+1/t15-/m1/s1. The average Bonchev–Trinajstić information content (AvgIpc) is 2.69. The number of benzene rings is 2. The van der Waals surface area contributed by atoms with Crippen molar-refractivity contribution in [2.75, 3.05) is 29.9 Å². The third kappa shape index (κ3) is 5.26. The molecule has 0 bridgehead atoms. The van der Waals surface area contributed by atoms with Gasteiger partial charge in [-0.05, 0) is 68.7 Å². The number of carbonyl (C=O) groups is 1. The van der Waals surface area contributed by atoms with Gasteiger partial charge in [0.2, 0.25) is 0 Å². The summed E-state index contributed by atoms with van der Waals surface area (Å²) >= 11 is 0. The molecule has 27 heavy (non-hydrogen) atoms. The molecule has 1 saturated heterocycles. The van der Waals surface area contributed by atoms with Crippen molar-refractivity contribution in [2.45, 2.75) is 32.2 Å². The first-order chi connectivity index (χ1) is 13.0. The van der Waals surface area contributed by atoms with E-state index in [0.717, 1.165) is 24.8 Å². The SMILES string of the molecule is C[C@@H]([NH2+]CC(=O)Nc1ccc(N2CCCCC2)cc1)c1ccc(F)c(F)c1. The van der Waals surface area contributed by atoms with E-state index in [1.807, 2.05) is 31.2 Å². The van der Waals surface area contributed by atoms with Gasteiger partial charge in [-0.3, -0.25) is 4.79 Å². The summed E-state index contributed by atoms with van der Waals surface area (Å²) in [6.07, 6.45) is 3.75. The zero-order valence-electron chi connectivity index (χ0n) is 15.6. The Morgan fingerprint density at radius 2 is 1.78 bits per heavy atom. The highest BCUT2D eigenvalue weighted by atomic mass is 19.2. The molecule has 0 aromatic heterocycles. The van der Waals surface area contributed by atoms with Gasteiger partial charge in [0.1, 0.15) is 6.04 Å². The number of halogens is 2. The Morgan fingerprint density at radius 1 is 1.07 bits per heavy atom. The number of hydrogen-bond acceptors (Lipinski definition) is 2. The van der Waals surface area contributed by atoms with Gasteiger partial charge in [0, 0.05) is 30.0 Å². The van der Waals surface area contributed by atoms with Gasteiger partial charge in [0.25, 0.3) is 5.91 Å². The second kappa shape index (κ2) is 8.95. The number of carbonyl (C=O) groups excluding carboxylic acids is 1. The number of nitrogens with two attached hydrogens (primary N) is 1. The van der Waals surface area contributed by atoms with Crippen LogP contribution in [0.5, 0.6) is 0 Å². The predicted octanol–water partition coefficient (Wildman–Crippen LogP) is 3.22. The van der Waals surface area contributed by atoms with Gasteiger partial charge in [-0.25, -0.2) is 8.78 Å². The van der Waals surface area contributed by atoms with Crippen LogP contribution < -0.4 is 15.5 Å². The van der Waals surface area contributed by atoms with Crippen LogP contribution in [0.2, 0.25) is 0 Å². The van der Waals surface area contributed by atoms with Gasteiger partial charge in [-0.1, -0.05) is 0 Å². The smallest absolute Gasteiger partial charge is 0.279 e. The van der Waals surface area contributed by atoms with Crippen LogP contribution in [0.4, 0.5) is 20.2 Å². The van der Waals surface area contributed by atoms with E-state index in [1.165, 1.54) is 37.1 Å². The minimum atomic E-state index is -0.869. The van der Waals surface area contributed by atoms with Crippen molar-refractivity contribution in [2.24, 2.45) is 0 Å². The van der Waals surface area contributed by atoms with E-state index in [2.05, 4.69) is 10.2 Å². The Hall–Kier alpha value is -2.47. The number of rotatable bonds is 6. The molecule has 0 aliphatic carbocycles. The molecule has 3 N–H and O–H groups in total. The van der Waals surface area contributed by atoms with E-state index in [4.69, 9.17) is 0 Å². The van der Waals surface area contributed by atoms with Crippen LogP contribution in [0.3, 0.4) is 0 Å². The van der Waals surface area contributed by atoms with Crippen LogP contribution >= 0.6 is 0 Å². The molecule has 1 aliphatic rings. The first kappa shape index (κ1) is 19.3. The molecule has 1 fully saturated rings. The molecule has 1 heterocycles. The zero-order chi connectivity index (χ0) is 19.2. The largest absolute Gasteiger partial charge is 0.372 e. The average molecular weight is 374 g/mol. The Bertz CT molecular complexity index is 773. The van der Waals surface area contributed by atoms with Crippen LogP contribution in [0, 0.1) is 11.6 Å². The number of anilines is 2. The number of nitrogens with zero attached hydrogens (tertiary/aromatic N) is 1. The summed E-state index contributed by atoms with van der Waals surface area (Å²) in [5, 5.41) is 4.67. The van der Waals surface area contributed by atoms with E-state index in [0.29, 0.717) is 5.56 Å². The fourth-order valence-corrected chi connectivity index (χ4v) is 3.34. The lowest BCUT2D eigenvalue weighted by atomic mass is 10.1. The monoisotopic (exact) mass is 374 g/mol. The predicted molar refractivity (Wildman–Crippen MR) is 103 cm³/mol. The maximum atomic E-state index is 13.3. The van der Waals surface area contributed by atoms with Gasteiger partial charge in [-0.2, -0.15) is 0 Å². The molecule has 0 saturated carbocycles. The van der Waals surface area contributed by atoms with Gasteiger partial charge in [0.15, 0.2) is 18.2 Å². The second-order valence-electron chi connectivity index (χ2n) is 7.04. The molecule has 0 spiro atoms. The van der Waals surface area contributed by atoms with Crippen molar-refractivity contribution < 1.29 is 18.9 Å². The van der Waals surface area contributed by atoms with Crippen molar-refractivity contribution >= 4 is 17.3 Å². The van der Waals surface area contributed by atoms with Crippen molar-refractivity contribution in [3.63, 3.8) is 0 Å². The maximum absolute atomic E-state index is 13.3. The number of nitrogens with one attached hydrogen (secondary N) is 1. The lowest BCUT2D eigenvalue weighted by molar-refractivity contribution is -0.682. The van der Waals surface area contributed by atoms with Crippen LogP contribution in [0.1, 0.15) is 37.8 Å². The van der Waals surface area contributed by atoms with E-state index in [-0.39, 0.29) is 18.5 Å². The van der Waals surface area contributed by atoms with Crippen LogP contribution in [-0.2, 0) is 4.79 Å². The Kier molecular flexibility index (Phi) is 6.40. The zero-order valence-corrected chi connectivity index (χ0v) is 15.6. The molecule has 2 aromatic rings. The Balaban J connectivity index is 1.49. The molecule has 144 valence electrons. The molecule has 4 nitrogen and oxygen atoms in total. The number of quaternary nitrogens is 1.